The number of hydrogen-bond donors (Lipinski definition) is 1. The Kier molecular flexibility index (Phi) is 3.03. The zero-order chi connectivity index (χ0) is 15.8. The van der Waals surface area contributed by atoms with Crippen LogP contribution in [-0.4, -0.2) is 28.7 Å². The molecule has 2 bridgehead atoms. The zero-order valence-electron chi connectivity index (χ0n) is 14.1. The largest absolute Gasteiger partial charge is 0.385 e. The van der Waals surface area contributed by atoms with Crippen LogP contribution in [0.25, 0.3) is 0 Å². The van der Waals surface area contributed by atoms with Crippen LogP contribution in [-0.2, 0) is 9.47 Å². The maximum Gasteiger partial charge on any atom is 0.164 e. The summed E-state index contributed by atoms with van der Waals surface area (Å²) >= 11 is 0. The number of allylic oxidation sites excluding steroid dienone is 2. The molecule has 0 aromatic heterocycles. The molecule has 1 heterocycles. The summed E-state index contributed by atoms with van der Waals surface area (Å²) in [6, 6.07) is 0. The lowest BCUT2D eigenvalue weighted by atomic mass is 9.53. The van der Waals surface area contributed by atoms with Gasteiger partial charge >= 0.3 is 0 Å². The summed E-state index contributed by atoms with van der Waals surface area (Å²) in [5.74, 6) is 0.0988. The molecule has 5 rings (SSSR count). The molecule has 0 spiro atoms. The normalized spacial score (nSPS) is 48.1. The molecular weight excluding hydrogens is 276 g/mol. The highest BCUT2D eigenvalue weighted by Gasteiger charge is 2.57. The van der Waals surface area contributed by atoms with E-state index in [9.17, 15) is 5.11 Å². The molecule has 1 N–H and O–H groups in total. The molecule has 3 heteroatoms. The van der Waals surface area contributed by atoms with Gasteiger partial charge in [0.05, 0.1) is 11.7 Å². The highest BCUT2D eigenvalue weighted by Crippen LogP contribution is 2.57. The van der Waals surface area contributed by atoms with E-state index in [0.29, 0.717) is 5.92 Å². The molecule has 22 heavy (non-hydrogen) atoms. The molecule has 0 unspecified atom stereocenters. The summed E-state index contributed by atoms with van der Waals surface area (Å²) < 4.78 is 12.2. The Labute approximate surface area is 133 Å². The van der Waals surface area contributed by atoms with E-state index in [-0.39, 0.29) is 23.5 Å². The Morgan fingerprint density at radius 3 is 2.41 bits per heavy atom. The van der Waals surface area contributed by atoms with Gasteiger partial charge in [-0.15, -0.1) is 0 Å². The quantitative estimate of drug-likeness (QED) is 0.753. The predicted octanol–water partition coefficient (Wildman–Crippen LogP) is 3.58. The van der Waals surface area contributed by atoms with Crippen molar-refractivity contribution in [2.45, 2.75) is 77.0 Å². The van der Waals surface area contributed by atoms with Gasteiger partial charge in [0.25, 0.3) is 0 Å². The first kappa shape index (κ1) is 14.9. The molecule has 5 atom stereocenters. The Morgan fingerprint density at radius 1 is 1.05 bits per heavy atom. The second-order valence-electron chi connectivity index (χ2n) is 8.75. The number of rotatable bonds is 1. The monoisotopic (exact) mass is 304 g/mol. The smallest absolute Gasteiger partial charge is 0.164 e. The van der Waals surface area contributed by atoms with Crippen molar-refractivity contribution in [3.63, 3.8) is 0 Å². The summed E-state index contributed by atoms with van der Waals surface area (Å²) in [4.78, 5) is 0. The number of aliphatic hydroxyl groups is 1. The lowest BCUT2D eigenvalue weighted by molar-refractivity contribution is -0.147. The third-order valence-electron chi connectivity index (χ3n) is 6.28. The van der Waals surface area contributed by atoms with Gasteiger partial charge in [-0.1, -0.05) is 32.1 Å². The Balaban J connectivity index is 1.68. The van der Waals surface area contributed by atoms with Gasteiger partial charge in [0.2, 0.25) is 0 Å². The van der Waals surface area contributed by atoms with Gasteiger partial charge in [-0.3, -0.25) is 0 Å². The summed E-state index contributed by atoms with van der Waals surface area (Å²) in [6.45, 7) is 8.60. The fraction of sp³-hybridized carbons (Fsp3) is 0.789. The average Bonchev–Trinajstić information content (AvgIpc) is 2.73. The summed E-state index contributed by atoms with van der Waals surface area (Å²) in [5, 5.41) is 11.6. The Bertz CT molecular complexity index is 545. The molecule has 2 fully saturated rings. The Morgan fingerprint density at radius 2 is 1.77 bits per heavy atom. The van der Waals surface area contributed by atoms with Crippen LogP contribution in [0.5, 0.6) is 0 Å². The minimum Gasteiger partial charge on any atom is -0.385 e. The number of fused-ring (bicyclic) bond motifs is 3. The molecule has 5 aliphatic rings. The van der Waals surface area contributed by atoms with Crippen molar-refractivity contribution in [3.05, 3.63) is 23.8 Å². The third kappa shape index (κ3) is 2.05. The van der Waals surface area contributed by atoms with Crippen molar-refractivity contribution in [1.29, 1.82) is 0 Å². The van der Waals surface area contributed by atoms with E-state index in [1.54, 1.807) is 0 Å². The third-order valence-corrected chi connectivity index (χ3v) is 6.28. The van der Waals surface area contributed by atoms with E-state index in [1.807, 2.05) is 13.8 Å². The van der Waals surface area contributed by atoms with Gasteiger partial charge < -0.3 is 14.6 Å². The molecule has 3 nitrogen and oxygen atoms in total. The second-order valence-corrected chi connectivity index (χ2v) is 8.75. The second kappa shape index (κ2) is 4.46. The average molecular weight is 304 g/mol. The molecule has 1 saturated carbocycles. The molecule has 122 valence electrons. The number of hydrogen-bond acceptors (Lipinski definition) is 3. The summed E-state index contributed by atoms with van der Waals surface area (Å²) in [7, 11) is 0. The van der Waals surface area contributed by atoms with E-state index >= 15 is 0 Å². The van der Waals surface area contributed by atoms with Gasteiger partial charge in [0.15, 0.2) is 5.79 Å². The molecule has 4 aliphatic carbocycles. The number of ether oxygens (including phenoxy) is 2. The minimum atomic E-state index is -0.748. The van der Waals surface area contributed by atoms with Crippen LogP contribution in [0.3, 0.4) is 0 Å². The van der Waals surface area contributed by atoms with Crippen LogP contribution >= 0.6 is 0 Å². The molecule has 0 aromatic rings. The molecule has 1 aliphatic heterocycles. The van der Waals surface area contributed by atoms with Gasteiger partial charge in [-0.25, -0.2) is 0 Å². The van der Waals surface area contributed by atoms with Gasteiger partial charge in [-0.2, -0.15) is 0 Å². The van der Waals surface area contributed by atoms with Crippen molar-refractivity contribution in [2.75, 3.05) is 0 Å². The Hall–Kier alpha value is -0.640. The van der Waals surface area contributed by atoms with Crippen molar-refractivity contribution < 1.29 is 14.6 Å². The van der Waals surface area contributed by atoms with Crippen LogP contribution in [0.4, 0.5) is 0 Å². The maximum atomic E-state index is 11.6. The molecule has 0 radical (unpaired) electrons. The molecular formula is C19H28O3. The predicted molar refractivity (Wildman–Crippen MR) is 85.2 cm³/mol. The highest BCUT2D eigenvalue weighted by atomic mass is 16.8. The van der Waals surface area contributed by atoms with E-state index in [0.717, 1.165) is 31.3 Å². The lowest BCUT2D eigenvalue weighted by Crippen LogP contribution is -2.55. The highest BCUT2D eigenvalue weighted by molar-refractivity contribution is 5.34. The van der Waals surface area contributed by atoms with Crippen molar-refractivity contribution in [3.8, 4) is 0 Å². The SMILES string of the molecule is CC1(C)O[C@H]2CCC=C([C@]3(O)C[C@H]4C=C[C@@H]3CC4(C)C)[C@H]2O1. The molecule has 0 aromatic carbocycles. The maximum absolute atomic E-state index is 11.6. The fourth-order valence-corrected chi connectivity index (χ4v) is 5.06. The van der Waals surface area contributed by atoms with Crippen molar-refractivity contribution in [1.82, 2.24) is 0 Å². The van der Waals surface area contributed by atoms with Crippen LogP contribution < -0.4 is 0 Å². The lowest BCUT2D eigenvalue weighted by Gasteiger charge is -2.55. The van der Waals surface area contributed by atoms with Crippen LogP contribution in [0.1, 0.15) is 53.4 Å². The first-order chi connectivity index (χ1) is 10.2. The fourth-order valence-electron chi connectivity index (χ4n) is 5.06. The van der Waals surface area contributed by atoms with Gasteiger partial charge in [0, 0.05) is 5.92 Å². The van der Waals surface area contributed by atoms with Crippen LogP contribution in [0.2, 0.25) is 0 Å². The van der Waals surface area contributed by atoms with Crippen LogP contribution in [0, 0.1) is 17.3 Å². The molecule has 0 amide bonds. The molecule has 1 saturated heterocycles. The van der Waals surface area contributed by atoms with Gasteiger partial charge in [-0.05, 0) is 56.4 Å². The van der Waals surface area contributed by atoms with Crippen molar-refractivity contribution >= 4 is 0 Å². The minimum absolute atomic E-state index is 0.0791. The van der Waals surface area contributed by atoms with Crippen LogP contribution in [0.15, 0.2) is 23.8 Å². The topological polar surface area (TPSA) is 38.7 Å². The van der Waals surface area contributed by atoms with Crippen molar-refractivity contribution in [2.24, 2.45) is 17.3 Å². The summed E-state index contributed by atoms with van der Waals surface area (Å²) in [6.07, 6.45) is 10.6. The summed E-state index contributed by atoms with van der Waals surface area (Å²) in [5.41, 5.74) is 0.624. The zero-order valence-corrected chi connectivity index (χ0v) is 14.1. The van der Waals surface area contributed by atoms with E-state index in [1.165, 1.54) is 0 Å². The van der Waals surface area contributed by atoms with Gasteiger partial charge in [0.1, 0.15) is 6.10 Å². The first-order valence-corrected chi connectivity index (χ1v) is 8.68. The van der Waals surface area contributed by atoms with E-state index in [4.69, 9.17) is 9.47 Å². The van der Waals surface area contributed by atoms with E-state index in [2.05, 4.69) is 32.1 Å². The first-order valence-electron chi connectivity index (χ1n) is 8.68. The van der Waals surface area contributed by atoms with E-state index < -0.39 is 11.4 Å². The standard InChI is InChI=1S/C19H28O3/c1-17(2)10-13-9-8-12(17)11-19(13,20)14-6-5-7-15-16(14)22-18(3,4)21-15/h6,8-9,12-13,15-16,20H,5,7,10-11H2,1-4H3/t12-,13-,15+,16-,19+/m1/s1.